The van der Waals surface area contributed by atoms with E-state index in [2.05, 4.69) is 5.32 Å². The van der Waals surface area contributed by atoms with Crippen molar-refractivity contribution in [3.63, 3.8) is 0 Å². The first kappa shape index (κ1) is 27.8. The van der Waals surface area contributed by atoms with Crippen LogP contribution < -0.4 is 10.1 Å². The summed E-state index contributed by atoms with van der Waals surface area (Å²) < 4.78 is 12.0. The average molecular weight is 568 g/mol. The number of halogens is 1. The number of hydrogen-bond acceptors (Lipinski definition) is 8. The third-order valence-electron chi connectivity index (χ3n) is 6.95. The van der Waals surface area contributed by atoms with Crippen LogP contribution in [0, 0.1) is 0 Å². The van der Waals surface area contributed by atoms with Gasteiger partial charge in [-0.3, -0.25) is 4.79 Å². The molecule has 10 heteroatoms. The summed E-state index contributed by atoms with van der Waals surface area (Å²) in [6.07, 6.45) is 5.20. The second-order valence-corrected chi connectivity index (χ2v) is 10.0. The molecule has 2 aliphatic rings. The molecule has 2 heterocycles. The summed E-state index contributed by atoms with van der Waals surface area (Å²) in [7, 11) is 0. The highest BCUT2D eigenvalue weighted by molar-refractivity contribution is 6.17. The summed E-state index contributed by atoms with van der Waals surface area (Å²) in [5.41, 5.74) is 0.699. The molecule has 5 rings (SSSR count). The average Bonchev–Trinajstić information content (AvgIpc) is 3.23. The minimum atomic E-state index is -1.37. The van der Waals surface area contributed by atoms with Crippen molar-refractivity contribution in [3.8, 4) is 23.0 Å². The number of phenols is 2. The van der Waals surface area contributed by atoms with Crippen LogP contribution in [0.3, 0.4) is 0 Å². The number of carbonyl (C=O) groups excluding carboxylic acids is 2. The number of rotatable bonds is 12. The molecular formula is C30H30ClNO8. The van der Waals surface area contributed by atoms with Gasteiger partial charge in [0.15, 0.2) is 5.60 Å². The Labute approximate surface area is 236 Å². The summed E-state index contributed by atoms with van der Waals surface area (Å²) in [5.74, 6) is 0.232. The lowest BCUT2D eigenvalue weighted by Crippen LogP contribution is -2.33. The quantitative estimate of drug-likeness (QED) is 0.0857. The lowest BCUT2D eigenvalue weighted by Gasteiger charge is -2.36. The van der Waals surface area contributed by atoms with Crippen LogP contribution >= 0.6 is 11.6 Å². The fraction of sp³-hybridized carbons (Fsp3) is 0.333. The summed E-state index contributed by atoms with van der Waals surface area (Å²) in [6, 6.07) is 13.9. The molecule has 1 spiro atoms. The SMILES string of the molecule is O=C(NCCOOCCCCCCCCl)c1ccc2c(c1)C(=O)OC21c2ccc(O)cc2Oc2cc(O)ccc21. The summed E-state index contributed by atoms with van der Waals surface area (Å²) >= 11 is 5.66. The maximum atomic E-state index is 13.2. The van der Waals surface area contributed by atoms with Crippen molar-refractivity contribution in [2.45, 2.75) is 37.7 Å². The molecule has 1 amide bonds. The zero-order valence-electron chi connectivity index (χ0n) is 21.8. The van der Waals surface area contributed by atoms with E-state index in [1.807, 2.05) is 0 Å². The van der Waals surface area contributed by atoms with Gasteiger partial charge in [0.1, 0.15) is 23.0 Å². The Morgan fingerprint density at radius 1 is 0.825 bits per heavy atom. The van der Waals surface area contributed by atoms with Gasteiger partial charge in [0.05, 0.1) is 18.8 Å². The Hall–Kier alpha value is -3.79. The highest BCUT2D eigenvalue weighted by atomic mass is 35.5. The molecule has 0 aromatic heterocycles. The number of hydrogen-bond donors (Lipinski definition) is 3. The third-order valence-corrected chi connectivity index (χ3v) is 7.22. The van der Waals surface area contributed by atoms with Crippen molar-refractivity contribution in [3.05, 3.63) is 82.4 Å². The van der Waals surface area contributed by atoms with Crippen molar-refractivity contribution < 1.29 is 39.1 Å². The summed E-state index contributed by atoms with van der Waals surface area (Å²) in [4.78, 5) is 36.3. The van der Waals surface area contributed by atoms with Gasteiger partial charge in [0.25, 0.3) is 5.91 Å². The van der Waals surface area contributed by atoms with Gasteiger partial charge in [-0.1, -0.05) is 25.3 Å². The number of nitrogens with one attached hydrogen (secondary N) is 1. The molecule has 210 valence electrons. The standard InChI is InChI=1S/C30H30ClNO8/c31-12-4-2-1-3-5-14-37-38-15-13-32-28(35)19-6-9-23-22(16-19)29(36)40-30(23)24-10-7-20(33)17-26(24)39-27-18-21(34)8-11-25(27)30/h6-11,16-18,33-34H,1-5,12-15H2,(H,32,35). The molecule has 40 heavy (non-hydrogen) atoms. The van der Waals surface area contributed by atoms with Crippen molar-refractivity contribution in [2.24, 2.45) is 0 Å². The Kier molecular flexibility index (Phi) is 8.44. The first-order valence-electron chi connectivity index (χ1n) is 13.3. The van der Waals surface area contributed by atoms with E-state index in [-0.39, 0.29) is 53.2 Å². The van der Waals surface area contributed by atoms with E-state index in [1.165, 1.54) is 30.3 Å². The number of phenolic OH excluding ortho intramolecular Hbond substituents is 2. The Balaban J connectivity index is 1.27. The number of aromatic hydroxyl groups is 2. The number of ether oxygens (including phenoxy) is 2. The third kappa shape index (κ3) is 5.45. The predicted molar refractivity (Wildman–Crippen MR) is 146 cm³/mol. The van der Waals surface area contributed by atoms with Crippen LogP contribution in [-0.2, 0) is 20.1 Å². The van der Waals surface area contributed by atoms with Crippen molar-refractivity contribution in [2.75, 3.05) is 25.6 Å². The van der Waals surface area contributed by atoms with Crippen molar-refractivity contribution in [1.82, 2.24) is 5.32 Å². The first-order chi connectivity index (χ1) is 19.4. The molecule has 3 aromatic rings. The van der Waals surface area contributed by atoms with E-state index in [1.54, 1.807) is 24.3 Å². The van der Waals surface area contributed by atoms with Crippen molar-refractivity contribution >= 4 is 23.5 Å². The molecule has 0 saturated carbocycles. The van der Waals surface area contributed by atoms with Crippen LogP contribution in [0.25, 0.3) is 0 Å². The molecule has 0 atom stereocenters. The number of unbranched alkanes of at least 4 members (excludes halogenated alkanes) is 4. The van der Waals surface area contributed by atoms with Gasteiger partial charge >= 0.3 is 5.97 Å². The summed E-state index contributed by atoms with van der Waals surface area (Å²) in [6.45, 7) is 0.895. The lowest BCUT2D eigenvalue weighted by atomic mass is 9.77. The van der Waals surface area contributed by atoms with Gasteiger partial charge in [-0.2, -0.15) is 0 Å². The molecule has 0 unspecified atom stereocenters. The van der Waals surface area contributed by atoms with E-state index < -0.39 is 11.6 Å². The molecule has 3 aromatic carbocycles. The van der Waals surface area contributed by atoms with Crippen LogP contribution in [-0.4, -0.2) is 47.7 Å². The molecule has 2 aliphatic heterocycles. The van der Waals surface area contributed by atoms with E-state index in [9.17, 15) is 19.8 Å². The van der Waals surface area contributed by atoms with E-state index in [4.69, 9.17) is 30.8 Å². The number of fused-ring (bicyclic) bond motifs is 6. The molecule has 0 bridgehead atoms. The Bertz CT molecular complexity index is 1360. The summed E-state index contributed by atoms with van der Waals surface area (Å²) in [5, 5.41) is 22.8. The molecular weight excluding hydrogens is 538 g/mol. The van der Waals surface area contributed by atoms with Crippen LogP contribution in [0.5, 0.6) is 23.0 Å². The fourth-order valence-electron chi connectivity index (χ4n) is 5.06. The Morgan fingerprint density at radius 3 is 2.15 bits per heavy atom. The highest BCUT2D eigenvalue weighted by Crippen LogP contribution is 2.57. The number of esters is 1. The maximum Gasteiger partial charge on any atom is 0.340 e. The largest absolute Gasteiger partial charge is 0.508 e. The molecule has 0 fully saturated rings. The highest BCUT2D eigenvalue weighted by Gasteiger charge is 2.53. The number of benzene rings is 3. The molecule has 9 nitrogen and oxygen atoms in total. The van der Waals surface area contributed by atoms with Crippen LogP contribution in [0.4, 0.5) is 0 Å². The normalized spacial score (nSPS) is 14.2. The molecule has 3 N–H and O–H groups in total. The lowest BCUT2D eigenvalue weighted by molar-refractivity contribution is -0.293. The predicted octanol–water partition coefficient (Wildman–Crippen LogP) is 5.53. The van der Waals surface area contributed by atoms with Gasteiger partial charge in [0, 0.05) is 46.8 Å². The smallest absolute Gasteiger partial charge is 0.340 e. The van der Waals surface area contributed by atoms with E-state index in [0.29, 0.717) is 29.2 Å². The van der Waals surface area contributed by atoms with Crippen LogP contribution in [0.15, 0.2) is 54.6 Å². The first-order valence-corrected chi connectivity index (χ1v) is 13.8. The molecule has 0 saturated heterocycles. The second-order valence-electron chi connectivity index (χ2n) is 9.65. The number of amides is 1. The minimum Gasteiger partial charge on any atom is -0.508 e. The zero-order chi connectivity index (χ0) is 28.1. The topological polar surface area (TPSA) is 124 Å². The molecule has 0 aliphatic carbocycles. The maximum absolute atomic E-state index is 13.2. The van der Waals surface area contributed by atoms with E-state index in [0.717, 1.165) is 32.1 Å². The molecule has 0 radical (unpaired) electrons. The van der Waals surface area contributed by atoms with Gasteiger partial charge < -0.3 is 25.0 Å². The van der Waals surface area contributed by atoms with Gasteiger partial charge in [0.2, 0.25) is 0 Å². The fourth-order valence-corrected chi connectivity index (χ4v) is 5.25. The van der Waals surface area contributed by atoms with Gasteiger partial charge in [-0.15, -0.1) is 11.6 Å². The van der Waals surface area contributed by atoms with Gasteiger partial charge in [-0.05, 0) is 49.2 Å². The van der Waals surface area contributed by atoms with Crippen LogP contribution in [0.2, 0.25) is 0 Å². The number of alkyl halides is 1. The van der Waals surface area contributed by atoms with Crippen molar-refractivity contribution in [1.29, 1.82) is 0 Å². The second kappa shape index (κ2) is 12.2. The van der Waals surface area contributed by atoms with Gasteiger partial charge in [-0.25, -0.2) is 14.6 Å². The van der Waals surface area contributed by atoms with Crippen LogP contribution in [0.1, 0.15) is 69.5 Å². The Morgan fingerprint density at radius 2 is 1.45 bits per heavy atom. The number of carbonyl (C=O) groups is 2. The van der Waals surface area contributed by atoms with E-state index >= 15 is 0 Å². The zero-order valence-corrected chi connectivity index (χ0v) is 22.5. The minimum absolute atomic E-state index is 0.0263. The monoisotopic (exact) mass is 567 g/mol.